The molecule has 0 bridgehead atoms. The predicted molar refractivity (Wildman–Crippen MR) is 133 cm³/mol. The second-order valence-corrected chi connectivity index (χ2v) is 8.30. The summed E-state index contributed by atoms with van der Waals surface area (Å²) >= 11 is 0. The summed E-state index contributed by atoms with van der Waals surface area (Å²) in [5, 5.41) is 13.0. The Morgan fingerprint density at radius 1 is 0.917 bits per heavy atom. The van der Waals surface area contributed by atoms with Crippen LogP contribution in [0.4, 0.5) is 14.5 Å². The van der Waals surface area contributed by atoms with Gasteiger partial charge in [-0.3, -0.25) is 14.5 Å². The maximum Gasteiger partial charge on any atom is 0.300 e. The van der Waals surface area contributed by atoms with Crippen LogP contribution in [0.3, 0.4) is 0 Å². The lowest BCUT2D eigenvalue weighted by Gasteiger charge is -2.25. The summed E-state index contributed by atoms with van der Waals surface area (Å²) in [4.78, 5) is 27.7. The molecule has 1 aliphatic heterocycles. The summed E-state index contributed by atoms with van der Waals surface area (Å²) in [7, 11) is 0. The number of nitrogens with zero attached hydrogens (tertiary/aromatic N) is 1. The molecule has 1 amide bonds. The number of anilines is 1. The Balaban J connectivity index is 1.74. The molecule has 0 saturated carbocycles. The lowest BCUT2D eigenvalue weighted by molar-refractivity contribution is -0.132. The molecule has 5 rings (SSSR count). The minimum atomic E-state index is -1.16. The van der Waals surface area contributed by atoms with E-state index in [0.29, 0.717) is 28.9 Å². The monoisotopic (exact) mass is 485 g/mol. The van der Waals surface area contributed by atoms with E-state index in [1.807, 2.05) is 37.3 Å². The van der Waals surface area contributed by atoms with Crippen LogP contribution in [-0.4, -0.2) is 23.4 Å². The number of rotatable bonds is 5. The summed E-state index contributed by atoms with van der Waals surface area (Å²) in [6.07, 6.45) is 0. The fourth-order valence-corrected chi connectivity index (χ4v) is 4.54. The Hall–Kier alpha value is -4.52. The van der Waals surface area contributed by atoms with E-state index < -0.39 is 29.4 Å². The van der Waals surface area contributed by atoms with Crippen LogP contribution in [0.25, 0.3) is 16.5 Å². The summed E-state index contributed by atoms with van der Waals surface area (Å²) in [5.74, 6) is -3.89. The molecule has 4 aromatic rings. The molecule has 36 heavy (non-hydrogen) atoms. The molecule has 1 atom stereocenters. The van der Waals surface area contributed by atoms with E-state index in [1.54, 1.807) is 36.4 Å². The number of carbonyl (C=O) groups excluding carboxylic acids is 2. The molecule has 5 nitrogen and oxygen atoms in total. The second-order valence-electron chi connectivity index (χ2n) is 8.30. The molecular formula is C29H21F2NO4. The van der Waals surface area contributed by atoms with Crippen LogP contribution < -0.4 is 9.64 Å². The number of ketones is 1. The van der Waals surface area contributed by atoms with Gasteiger partial charge in [0.1, 0.15) is 11.5 Å². The highest BCUT2D eigenvalue weighted by molar-refractivity contribution is 6.51. The Kier molecular flexibility index (Phi) is 5.98. The molecule has 1 heterocycles. The predicted octanol–water partition coefficient (Wildman–Crippen LogP) is 6.14. The average molecular weight is 485 g/mol. The zero-order valence-corrected chi connectivity index (χ0v) is 19.2. The van der Waals surface area contributed by atoms with Gasteiger partial charge in [0.2, 0.25) is 0 Å². The van der Waals surface area contributed by atoms with Crippen molar-refractivity contribution in [3.63, 3.8) is 0 Å². The lowest BCUT2D eigenvalue weighted by Crippen LogP contribution is -2.29. The van der Waals surface area contributed by atoms with Crippen LogP contribution in [0.1, 0.15) is 24.1 Å². The van der Waals surface area contributed by atoms with Crippen molar-refractivity contribution in [2.75, 3.05) is 11.5 Å². The topological polar surface area (TPSA) is 66.8 Å². The first-order valence-corrected chi connectivity index (χ1v) is 11.4. The molecule has 1 N–H and O–H groups in total. The van der Waals surface area contributed by atoms with Crippen molar-refractivity contribution in [3.05, 3.63) is 113 Å². The van der Waals surface area contributed by atoms with Crippen LogP contribution in [-0.2, 0) is 9.59 Å². The zero-order chi connectivity index (χ0) is 25.4. The zero-order valence-electron chi connectivity index (χ0n) is 19.2. The largest absolute Gasteiger partial charge is 0.507 e. The molecule has 1 unspecified atom stereocenters. The summed E-state index contributed by atoms with van der Waals surface area (Å²) < 4.78 is 33.3. The Morgan fingerprint density at radius 3 is 2.36 bits per heavy atom. The quantitative estimate of drug-likeness (QED) is 0.209. The van der Waals surface area contributed by atoms with Gasteiger partial charge in [-0.2, -0.15) is 0 Å². The summed E-state index contributed by atoms with van der Waals surface area (Å²) in [6, 6.07) is 21.2. The highest BCUT2D eigenvalue weighted by atomic mass is 19.2. The van der Waals surface area contributed by atoms with Crippen LogP contribution in [0.5, 0.6) is 5.75 Å². The van der Waals surface area contributed by atoms with Gasteiger partial charge in [0.15, 0.2) is 11.6 Å². The minimum Gasteiger partial charge on any atom is -0.507 e. The number of ether oxygens (including phenoxy) is 1. The van der Waals surface area contributed by atoms with Crippen molar-refractivity contribution in [1.29, 1.82) is 0 Å². The number of hydrogen-bond acceptors (Lipinski definition) is 4. The van der Waals surface area contributed by atoms with Gasteiger partial charge in [-0.05, 0) is 47.5 Å². The van der Waals surface area contributed by atoms with Crippen LogP contribution in [0, 0.1) is 11.6 Å². The molecule has 1 saturated heterocycles. The van der Waals surface area contributed by atoms with Crippen molar-refractivity contribution >= 4 is 33.9 Å². The van der Waals surface area contributed by atoms with Crippen molar-refractivity contribution < 1.29 is 28.2 Å². The number of Topliss-reactive ketones (excluding diaryl/α,β-unsaturated/α-hetero) is 1. The first-order valence-electron chi connectivity index (χ1n) is 11.4. The number of hydrogen-bond donors (Lipinski definition) is 1. The first kappa shape index (κ1) is 23.2. The third-order valence-electron chi connectivity index (χ3n) is 6.18. The van der Waals surface area contributed by atoms with Gasteiger partial charge < -0.3 is 9.84 Å². The van der Waals surface area contributed by atoms with Gasteiger partial charge in [-0.1, -0.05) is 54.6 Å². The van der Waals surface area contributed by atoms with Gasteiger partial charge in [0.25, 0.3) is 11.7 Å². The fraction of sp³-hybridized carbons (Fsp3) is 0.103. The minimum absolute atomic E-state index is 0.00754. The van der Waals surface area contributed by atoms with Crippen molar-refractivity contribution in [3.8, 4) is 5.75 Å². The number of halogens is 2. The van der Waals surface area contributed by atoms with Crippen LogP contribution in [0.2, 0.25) is 0 Å². The SMILES string of the molecule is CCOc1ccc(C2/C(=C(/O)c3cccc4ccccc34)C(=O)C(=O)N2c2ccc(F)c(F)c2)cc1. The normalized spacial score (nSPS) is 17.1. The maximum atomic E-state index is 14.1. The maximum absolute atomic E-state index is 14.1. The van der Waals surface area contributed by atoms with Gasteiger partial charge in [0, 0.05) is 17.3 Å². The fourth-order valence-electron chi connectivity index (χ4n) is 4.54. The molecule has 0 aliphatic carbocycles. The average Bonchev–Trinajstić information content (AvgIpc) is 3.16. The first-order chi connectivity index (χ1) is 17.4. The van der Waals surface area contributed by atoms with Crippen molar-refractivity contribution in [1.82, 2.24) is 0 Å². The third kappa shape index (κ3) is 3.88. The Labute approximate surface area is 205 Å². The van der Waals surface area contributed by atoms with E-state index in [2.05, 4.69) is 0 Å². The molecule has 180 valence electrons. The molecule has 0 aromatic heterocycles. The highest BCUT2D eigenvalue weighted by Crippen LogP contribution is 2.43. The number of carbonyl (C=O) groups is 2. The molecular weight excluding hydrogens is 464 g/mol. The van der Waals surface area contributed by atoms with E-state index in [-0.39, 0.29) is 17.0 Å². The molecule has 0 spiro atoms. The van der Waals surface area contributed by atoms with Crippen LogP contribution in [0.15, 0.2) is 90.5 Å². The smallest absolute Gasteiger partial charge is 0.300 e. The number of aliphatic hydroxyl groups excluding tert-OH is 1. The van der Waals surface area contributed by atoms with Gasteiger partial charge in [0.05, 0.1) is 18.2 Å². The molecule has 7 heteroatoms. The third-order valence-corrected chi connectivity index (χ3v) is 6.18. The molecule has 0 radical (unpaired) electrons. The standard InChI is InChI=1S/C29H21F2NO4/c1-2-36-20-13-10-18(11-14-20)26-25(27(33)22-9-5-7-17-6-3-4-8-21(17)22)28(34)29(35)32(26)19-12-15-23(30)24(31)16-19/h3-16,26,33H,2H2,1H3/b27-25-. The lowest BCUT2D eigenvalue weighted by atomic mass is 9.93. The van der Waals surface area contributed by atoms with Crippen molar-refractivity contribution in [2.24, 2.45) is 0 Å². The Bertz CT molecular complexity index is 1520. The summed E-state index contributed by atoms with van der Waals surface area (Å²) in [5.41, 5.74) is 0.716. The van der Waals surface area contributed by atoms with E-state index in [1.165, 1.54) is 6.07 Å². The number of aliphatic hydroxyl groups is 1. The van der Waals surface area contributed by atoms with Crippen molar-refractivity contribution in [2.45, 2.75) is 13.0 Å². The van der Waals surface area contributed by atoms with E-state index in [9.17, 15) is 23.5 Å². The van der Waals surface area contributed by atoms with E-state index in [0.717, 1.165) is 22.4 Å². The Morgan fingerprint density at radius 2 is 1.64 bits per heavy atom. The second kappa shape index (κ2) is 9.26. The number of fused-ring (bicyclic) bond motifs is 1. The van der Waals surface area contributed by atoms with Gasteiger partial charge >= 0.3 is 0 Å². The molecule has 4 aromatic carbocycles. The summed E-state index contributed by atoms with van der Waals surface area (Å²) in [6.45, 7) is 2.30. The van der Waals surface area contributed by atoms with E-state index >= 15 is 0 Å². The molecule has 1 aliphatic rings. The van der Waals surface area contributed by atoms with Gasteiger partial charge in [-0.25, -0.2) is 8.78 Å². The highest BCUT2D eigenvalue weighted by Gasteiger charge is 2.47. The van der Waals surface area contributed by atoms with Crippen LogP contribution >= 0.6 is 0 Å². The number of amides is 1. The van der Waals surface area contributed by atoms with Gasteiger partial charge in [-0.15, -0.1) is 0 Å². The number of benzene rings is 4. The van der Waals surface area contributed by atoms with E-state index in [4.69, 9.17) is 4.74 Å². The molecule has 1 fully saturated rings.